The lowest BCUT2D eigenvalue weighted by atomic mass is 9.84. The first-order valence-electron chi connectivity index (χ1n) is 6.38. The van der Waals surface area contributed by atoms with Gasteiger partial charge in [-0.15, -0.1) is 0 Å². The summed E-state index contributed by atoms with van der Waals surface area (Å²) in [6.07, 6.45) is 2.54. The predicted octanol–water partition coefficient (Wildman–Crippen LogP) is 4.72. The first-order valence-corrected chi connectivity index (χ1v) is 7.14. The number of aliphatic hydroxyl groups is 1. The molecule has 0 radical (unpaired) electrons. The molecular formula is C15H20Cl2O. The molecule has 2 rings (SSSR count). The van der Waals surface area contributed by atoms with E-state index in [9.17, 15) is 5.11 Å². The van der Waals surface area contributed by atoms with Gasteiger partial charge >= 0.3 is 0 Å². The molecule has 0 bridgehead atoms. The summed E-state index contributed by atoms with van der Waals surface area (Å²) in [7, 11) is 0. The van der Waals surface area contributed by atoms with Gasteiger partial charge in [-0.2, -0.15) is 0 Å². The van der Waals surface area contributed by atoms with Gasteiger partial charge in [-0.1, -0.05) is 50.0 Å². The molecule has 1 aromatic carbocycles. The minimum atomic E-state index is -0.624. The van der Waals surface area contributed by atoms with Crippen LogP contribution in [0.1, 0.15) is 39.2 Å². The van der Waals surface area contributed by atoms with E-state index < -0.39 is 5.60 Å². The minimum Gasteiger partial charge on any atom is -0.389 e. The zero-order valence-corrected chi connectivity index (χ0v) is 12.6. The van der Waals surface area contributed by atoms with Crippen molar-refractivity contribution in [2.75, 3.05) is 0 Å². The van der Waals surface area contributed by atoms with Gasteiger partial charge < -0.3 is 5.11 Å². The number of rotatable bonds is 2. The maximum atomic E-state index is 10.8. The molecule has 1 N–H and O–H groups in total. The predicted molar refractivity (Wildman–Crippen MR) is 77.3 cm³/mol. The molecule has 1 nitrogen and oxygen atoms in total. The van der Waals surface area contributed by atoms with Gasteiger partial charge in [0.05, 0.1) is 15.6 Å². The monoisotopic (exact) mass is 286 g/mol. The average Bonchev–Trinajstić information content (AvgIpc) is 2.41. The quantitative estimate of drug-likeness (QED) is 0.834. The molecule has 0 aliphatic heterocycles. The van der Waals surface area contributed by atoms with Crippen LogP contribution in [0.4, 0.5) is 0 Å². The summed E-state index contributed by atoms with van der Waals surface area (Å²) in [4.78, 5) is 0. The molecule has 1 aliphatic rings. The van der Waals surface area contributed by atoms with Gasteiger partial charge in [-0.3, -0.25) is 0 Å². The summed E-state index contributed by atoms with van der Waals surface area (Å²) in [5.41, 5.74) is 0.641. The first-order chi connectivity index (χ1) is 8.22. The molecule has 1 fully saturated rings. The Bertz CT molecular complexity index is 456. The van der Waals surface area contributed by atoms with Gasteiger partial charge in [0.1, 0.15) is 0 Å². The van der Waals surface area contributed by atoms with Crippen molar-refractivity contribution < 1.29 is 5.11 Å². The minimum absolute atomic E-state index is 0.213. The SMILES string of the molecule is CC1CC(C)(C)CC1(O)Cc1ccc(Cl)c(Cl)c1. The van der Waals surface area contributed by atoms with E-state index in [1.165, 1.54) is 0 Å². The Balaban J connectivity index is 2.20. The van der Waals surface area contributed by atoms with Gasteiger partial charge in [0.15, 0.2) is 0 Å². The smallest absolute Gasteiger partial charge is 0.0718 e. The number of hydrogen-bond acceptors (Lipinski definition) is 1. The van der Waals surface area contributed by atoms with Crippen molar-refractivity contribution in [3.05, 3.63) is 33.8 Å². The van der Waals surface area contributed by atoms with Crippen molar-refractivity contribution in [1.29, 1.82) is 0 Å². The van der Waals surface area contributed by atoms with Crippen LogP contribution in [0.3, 0.4) is 0 Å². The van der Waals surface area contributed by atoms with Gasteiger partial charge in [-0.25, -0.2) is 0 Å². The van der Waals surface area contributed by atoms with Crippen LogP contribution in [-0.2, 0) is 6.42 Å². The summed E-state index contributed by atoms with van der Waals surface area (Å²) >= 11 is 11.9. The highest BCUT2D eigenvalue weighted by molar-refractivity contribution is 6.42. The molecule has 0 amide bonds. The second-order valence-corrected chi connectivity index (χ2v) is 7.29. The van der Waals surface area contributed by atoms with Crippen LogP contribution in [-0.4, -0.2) is 10.7 Å². The fourth-order valence-electron chi connectivity index (χ4n) is 3.33. The van der Waals surface area contributed by atoms with Gasteiger partial charge in [0.25, 0.3) is 0 Å². The van der Waals surface area contributed by atoms with Crippen molar-refractivity contribution in [2.45, 2.75) is 45.6 Å². The van der Waals surface area contributed by atoms with Crippen LogP contribution in [0.15, 0.2) is 18.2 Å². The van der Waals surface area contributed by atoms with E-state index >= 15 is 0 Å². The Labute approximate surface area is 119 Å². The van der Waals surface area contributed by atoms with Crippen molar-refractivity contribution in [3.8, 4) is 0 Å². The zero-order valence-electron chi connectivity index (χ0n) is 11.1. The molecular weight excluding hydrogens is 267 g/mol. The van der Waals surface area contributed by atoms with Crippen LogP contribution in [0.25, 0.3) is 0 Å². The number of halogens is 2. The third-order valence-corrected chi connectivity index (χ3v) is 4.79. The first kappa shape index (κ1) is 14.2. The maximum absolute atomic E-state index is 10.8. The largest absolute Gasteiger partial charge is 0.389 e. The lowest BCUT2D eigenvalue weighted by Gasteiger charge is -2.28. The highest BCUT2D eigenvalue weighted by atomic mass is 35.5. The van der Waals surface area contributed by atoms with Crippen LogP contribution in [0, 0.1) is 11.3 Å². The summed E-state index contributed by atoms with van der Waals surface area (Å²) in [5, 5.41) is 12.0. The molecule has 1 aliphatic carbocycles. The van der Waals surface area contributed by atoms with Crippen molar-refractivity contribution in [1.82, 2.24) is 0 Å². The molecule has 3 heteroatoms. The normalized spacial score (nSPS) is 30.7. The van der Waals surface area contributed by atoms with Crippen molar-refractivity contribution >= 4 is 23.2 Å². The molecule has 18 heavy (non-hydrogen) atoms. The molecule has 2 unspecified atom stereocenters. The van der Waals surface area contributed by atoms with Crippen molar-refractivity contribution in [3.63, 3.8) is 0 Å². The molecule has 1 saturated carbocycles. The van der Waals surface area contributed by atoms with Gasteiger partial charge in [-0.05, 0) is 41.9 Å². The van der Waals surface area contributed by atoms with Crippen LogP contribution in [0.5, 0.6) is 0 Å². The van der Waals surface area contributed by atoms with E-state index in [2.05, 4.69) is 20.8 Å². The second-order valence-electron chi connectivity index (χ2n) is 6.47. The van der Waals surface area contributed by atoms with E-state index in [0.717, 1.165) is 18.4 Å². The molecule has 0 saturated heterocycles. The standard InChI is InChI=1S/C15H20Cl2O/c1-10-7-14(2,3)9-15(10,18)8-11-4-5-12(16)13(17)6-11/h4-6,10,18H,7-9H2,1-3H3. The van der Waals surface area contributed by atoms with E-state index in [4.69, 9.17) is 23.2 Å². The topological polar surface area (TPSA) is 20.2 Å². The Kier molecular flexibility index (Phi) is 3.70. The number of benzene rings is 1. The third-order valence-electron chi connectivity index (χ3n) is 4.06. The Hall–Kier alpha value is -0.240. The second kappa shape index (κ2) is 4.70. The van der Waals surface area contributed by atoms with E-state index in [1.54, 1.807) is 6.07 Å². The lowest BCUT2D eigenvalue weighted by molar-refractivity contribution is 0.00446. The molecule has 2 atom stereocenters. The average molecular weight is 287 g/mol. The number of hydrogen-bond donors (Lipinski definition) is 1. The van der Waals surface area contributed by atoms with Crippen LogP contribution in [0.2, 0.25) is 10.0 Å². The fourth-order valence-corrected chi connectivity index (χ4v) is 3.65. The molecule has 1 aromatic rings. The maximum Gasteiger partial charge on any atom is 0.0718 e. The van der Waals surface area contributed by atoms with Gasteiger partial charge in [0.2, 0.25) is 0 Å². The van der Waals surface area contributed by atoms with E-state index in [0.29, 0.717) is 22.4 Å². The molecule has 0 aromatic heterocycles. The van der Waals surface area contributed by atoms with Crippen LogP contribution < -0.4 is 0 Å². The van der Waals surface area contributed by atoms with Crippen molar-refractivity contribution in [2.24, 2.45) is 11.3 Å². The molecule has 0 spiro atoms. The highest BCUT2D eigenvalue weighted by Crippen LogP contribution is 2.48. The Morgan fingerprint density at radius 2 is 1.94 bits per heavy atom. The lowest BCUT2D eigenvalue weighted by Crippen LogP contribution is -2.34. The van der Waals surface area contributed by atoms with E-state index in [-0.39, 0.29) is 5.41 Å². The fraction of sp³-hybridized carbons (Fsp3) is 0.600. The molecule has 100 valence electrons. The van der Waals surface area contributed by atoms with E-state index in [1.807, 2.05) is 12.1 Å². The Morgan fingerprint density at radius 3 is 2.44 bits per heavy atom. The zero-order chi connectivity index (χ0) is 13.6. The summed E-state index contributed by atoms with van der Waals surface area (Å²) < 4.78 is 0. The van der Waals surface area contributed by atoms with Gasteiger partial charge in [0, 0.05) is 6.42 Å². The molecule has 0 heterocycles. The highest BCUT2D eigenvalue weighted by Gasteiger charge is 2.47. The summed E-state index contributed by atoms with van der Waals surface area (Å²) in [5.74, 6) is 0.307. The third kappa shape index (κ3) is 2.84. The summed E-state index contributed by atoms with van der Waals surface area (Å²) in [6.45, 7) is 6.57. The van der Waals surface area contributed by atoms with Crippen LogP contribution >= 0.6 is 23.2 Å². The Morgan fingerprint density at radius 1 is 1.28 bits per heavy atom. The summed E-state index contributed by atoms with van der Waals surface area (Å²) in [6, 6.07) is 5.61.